The molecule has 0 bridgehead atoms. The average molecular weight is 474 g/mol. The summed E-state index contributed by atoms with van der Waals surface area (Å²) in [7, 11) is 3.58. The predicted octanol–water partition coefficient (Wildman–Crippen LogP) is 3.95. The summed E-state index contributed by atoms with van der Waals surface area (Å²) in [5, 5.41) is 6.90. The zero-order chi connectivity index (χ0) is 17.9. The summed E-state index contributed by atoms with van der Waals surface area (Å²) >= 11 is 0. The number of hydrogen-bond acceptors (Lipinski definition) is 3. The van der Waals surface area contributed by atoms with E-state index >= 15 is 0 Å². The van der Waals surface area contributed by atoms with Crippen LogP contribution in [0.3, 0.4) is 0 Å². The van der Waals surface area contributed by atoms with Gasteiger partial charge in [0.1, 0.15) is 0 Å². The molecule has 148 valence electrons. The van der Waals surface area contributed by atoms with Crippen molar-refractivity contribution < 1.29 is 4.74 Å². The van der Waals surface area contributed by atoms with Gasteiger partial charge in [0.05, 0.1) is 6.04 Å². The van der Waals surface area contributed by atoms with E-state index in [4.69, 9.17) is 4.74 Å². The first-order chi connectivity index (χ1) is 12.2. The van der Waals surface area contributed by atoms with Crippen LogP contribution >= 0.6 is 24.0 Å². The smallest absolute Gasteiger partial charge is 0.191 e. The van der Waals surface area contributed by atoms with Gasteiger partial charge in [-0.2, -0.15) is 0 Å². The third-order valence-electron chi connectivity index (χ3n) is 4.74. The van der Waals surface area contributed by atoms with Crippen LogP contribution in [0.5, 0.6) is 0 Å². The van der Waals surface area contributed by atoms with Gasteiger partial charge in [-0.05, 0) is 56.7 Å². The van der Waals surface area contributed by atoms with E-state index < -0.39 is 0 Å². The van der Waals surface area contributed by atoms with Crippen LogP contribution in [0.1, 0.15) is 50.6 Å². The number of methoxy groups -OCH3 is 1. The van der Waals surface area contributed by atoms with E-state index in [1.165, 1.54) is 43.6 Å². The first-order valence-corrected chi connectivity index (χ1v) is 9.55. The lowest BCUT2D eigenvalue weighted by Gasteiger charge is -2.22. The van der Waals surface area contributed by atoms with Gasteiger partial charge in [-0.3, -0.25) is 4.99 Å². The second kappa shape index (κ2) is 13.2. The Hall–Kier alpha value is -1.02. The SMILES string of the molecule is CN=C(NCCCCCOC)NC(C)c1cccc(N2CCCC2)c1.I. The number of nitrogens with zero attached hydrogens (tertiary/aromatic N) is 2. The quantitative estimate of drug-likeness (QED) is 0.246. The fraction of sp³-hybridized carbons (Fsp3) is 0.650. The first kappa shape index (κ1) is 23.0. The van der Waals surface area contributed by atoms with Crippen molar-refractivity contribution in [2.24, 2.45) is 4.99 Å². The maximum Gasteiger partial charge on any atom is 0.191 e. The fourth-order valence-corrected chi connectivity index (χ4v) is 3.20. The largest absolute Gasteiger partial charge is 0.385 e. The van der Waals surface area contributed by atoms with E-state index in [1.54, 1.807) is 7.11 Å². The van der Waals surface area contributed by atoms with Crippen LogP contribution in [0.2, 0.25) is 0 Å². The van der Waals surface area contributed by atoms with E-state index in [0.29, 0.717) is 0 Å². The highest BCUT2D eigenvalue weighted by Crippen LogP contribution is 2.23. The van der Waals surface area contributed by atoms with Crippen LogP contribution in [0.4, 0.5) is 5.69 Å². The zero-order valence-corrected chi connectivity index (χ0v) is 18.8. The molecule has 0 saturated carbocycles. The molecule has 1 fully saturated rings. The summed E-state index contributed by atoms with van der Waals surface area (Å²) < 4.78 is 5.08. The van der Waals surface area contributed by atoms with Crippen LogP contribution in [-0.4, -0.2) is 46.4 Å². The van der Waals surface area contributed by atoms with Crippen molar-refractivity contribution in [2.75, 3.05) is 45.3 Å². The summed E-state index contributed by atoms with van der Waals surface area (Å²) in [6.45, 7) is 6.32. The molecule has 6 heteroatoms. The lowest BCUT2D eigenvalue weighted by Crippen LogP contribution is -2.39. The maximum absolute atomic E-state index is 5.08. The first-order valence-electron chi connectivity index (χ1n) is 9.55. The molecule has 2 N–H and O–H groups in total. The number of aliphatic imine (C=N–C) groups is 1. The van der Waals surface area contributed by atoms with Crippen molar-refractivity contribution in [3.8, 4) is 0 Å². The van der Waals surface area contributed by atoms with Gasteiger partial charge in [-0.15, -0.1) is 24.0 Å². The Morgan fingerprint density at radius 2 is 2.00 bits per heavy atom. The van der Waals surface area contributed by atoms with Crippen molar-refractivity contribution >= 4 is 35.6 Å². The van der Waals surface area contributed by atoms with E-state index in [1.807, 2.05) is 7.05 Å². The van der Waals surface area contributed by atoms with Crippen molar-refractivity contribution in [1.29, 1.82) is 0 Å². The predicted molar refractivity (Wildman–Crippen MR) is 122 cm³/mol. The Balaban J connectivity index is 0.00000338. The van der Waals surface area contributed by atoms with Crippen LogP contribution in [-0.2, 0) is 4.74 Å². The molecule has 1 aromatic carbocycles. The van der Waals surface area contributed by atoms with Crippen LogP contribution in [0.15, 0.2) is 29.3 Å². The Morgan fingerprint density at radius 3 is 2.69 bits per heavy atom. The lowest BCUT2D eigenvalue weighted by atomic mass is 10.1. The van der Waals surface area contributed by atoms with E-state index in [-0.39, 0.29) is 30.0 Å². The minimum absolute atomic E-state index is 0. The molecule has 1 unspecified atom stereocenters. The summed E-state index contributed by atoms with van der Waals surface area (Å²) in [5.41, 5.74) is 2.64. The molecule has 0 radical (unpaired) electrons. The minimum atomic E-state index is 0. The molecule has 0 aromatic heterocycles. The third kappa shape index (κ3) is 7.70. The second-order valence-electron chi connectivity index (χ2n) is 6.71. The van der Waals surface area contributed by atoms with Gasteiger partial charge < -0.3 is 20.3 Å². The number of hydrogen-bond donors (Lipinski definition) is 2. The van der Waals surface area contributed by atoms with Gasteiger partial charge in [0.2, 0.25) is 0 Å². The molecule has 1 aromatic rings. The summed E-state index contributed by atoms with van der Waals surface area (Å²) in [6.07, 6.45) is 6.02. The van der Waals surface area contributed by atoms with Gasteiger partial charge >= 0.3 is 0 Å². The van der Waals surface area contributed by atoms with Crippen LogP contribution in [0.25, 0.3) is 0 Å². The molecule has 1 saturated heterocycles. The summed E-state index contributed by atoms with van der Waals surface area (Å²) in [4.78, 5) is 6.82. The molecule has 5 nitrogen and oxygen atoms in total. The number of halogens is 1. The van der Waals surface area contributed by atoms with Crippen molar-refractivity contribution in [3.05, 3.63) is 29.8 Å². The number of unbranched alkanes of at least 4 members (excludes halogenated alkanes) is 2. The standard InChI is InChI=1S/C20H34N4O.HI/c1-17(23-20(21-2)22-12-5-4-8-15-25-3)18-10-9-11-19(16-18)24-13-6-7-14-24;/h9-11,16-17H,4-8,12-15H2,1-3H3,(H2,21,22,23);1H. The molecule has 0 amide bonds. The van der Waals surface area contributed by atoms with Crippen LogP contribution < -0.4 is 15.5 Å². The second-order valence-corrected chi connectivity index (χ2v) is 6.71. The summed E-state index contributed by atoms with van der Waals surface area (Å²) in [5.74, 6) is 0.866. The topological polar surface area (TPSA) is 48.9 Å². The Kier molecular flexibility index (Phi) is 11.7. The molecule has 1 heterocycles. The molecule has 2 rings (SSSR count). The van der Waals surface area contributed by atoms with Crippen molar-refractivity contribution in [1.82, 2.24) is 10.6 Å². The summed E-state index contributed by atoms with van der Waals surface area (Å²) in [6, 6.07) is 9.10. The highest BCUT2D eigenvalue weighted by molar-refractivity contribution is 14.0. The van der Waals surface area contributed by atoms with Gasteiger partial charge in [0.15, 0.2) is 5.96 Å². The molecule has 1 aliphatic rings. The van der Waals surface area contributed by atoms with Crippen LogP contribution in [0, 0.1) is 0 Å². The Labute approximate surface area is 176 Å². The van der Waals surface area contributed by atoms with E-state index in [0.717, 1.165) is 32.0 Å². The molecule has 1 atom stereocenters. The molecular weight excluding hydrogens is 439 g/mol. The van der Waals surface area contributed by atoms with E-state index in [9.17, 15) is 0 Å². The van der Waals surface area contributed by atoms with Crippen molar-refractivity contribution in [3.63, 3.8) is 0 Å². The maximum atomic E-state index is 5.08. The fourth-order valence-electron chi connectivity index (χ4n) is 3.20. The molecule has 0 spiro atoms. The van der Waals surface area contributed by atoms with Gasteiger partial charge in [0, 0.05) is 46.1 Å². The highest BCUT2D eigenvalue weighted by atomic mass is 127. The Bertz CT molecular complexity index is 532. The van der Waals surface area contributed by atoms with E-state index in [2.05, 4.69) is 51.7 Å². The van der Waals surface area contributed by atoms with Gasteiger partial charge in [0.25, 0.3) is 0 Å². The zero-order valence-electron chi connectivity index (χ0n) is 16.5. The average Bonchev–Trinajstić information content (AvgIpc) is 3.18. The number of nitrogens with one attached hydrogen (secondary N) is 2. The number of anilines is 1. The molecule has 1 aliphatic heterocycles. The molecular formula is C20H35IN4O. The third-order valence-corrected chi connectivity index (χ3v) is 4.74. The highest BCUT2D eigenvalue weighted by Gasteiger charge is 2.14. The molecule has 26 heavy (non-hydrogen) atoms. The number of guanidine groups is 1. The number of benzene rings is 1. The van der Waals surface area contributed by atoms with Gasteiger partial charge in [-0.25, -0.2) is 0 Å². The normalized spacial score (nSPS) is 15.5. The minimum Gasteiger partial charge on any atom is -0.385 e. The number of rotatable bonds is 9. The number of ether oxygens (including phenoxy) is 1. The Morgan fingerprint density at radius 1 is 1.23 bits per heavy atom. The molecule has 0 aliphatic carbocycles. The monoisotopic (exact) mass is 474 g/mol. The van der Waals surface area contributed by atoms with Crippen molar-refractivity contribution in [2.45, 2.75) is 45.1 Å². The lowest BCUT2D eigenvalue weighted by molar-refractivity contribution is 0.192. The van der Waals surface area contributed by atoms with Gasteiger partial charge in [-0.1, -0.05) is 12.1 Å².